The molecule has 7 heteroatoms. The summed E-state index contributed by atoms with van der Waals surface area (Å²) in [7, 11) is 0. The maximum Gasteiger partial charge on any atom is 0.221 e. The summed E-state index contributed by atoms with van der Waals surface area (Å²) in [6, 6.07) is 12.9. The molecule has 3 aromatic rings. The second-order valence-corrected chi connectivity index (χ2v) is 9.91. The van der Waals surface area contributed by atoms with E-state index in [0.717, 1.165) is 55.4 Å². The summed E-state index contributed by atoms with van der Waals surface area (Å²) in [4.78, 5) is 22.8. The average Bonchev–Trinajstić information content (AvgIpc) is 3.18. The number of anilines is 2. The second-order valence-electron chi connectivity index (χ2n) is 8.80. The van der Waals surface area contributed by atoms with Gasteiger partial charge in [0.1, 0.15) is 16.6 Å². The third kappa shape index (κ3) is 4.66. The smallest absolute Gasteiger partial charge is 0.221 e. The highest BCUT2D eigenvalue weighted by Gasteiger charge is 2.33. The molecule has 33 heavy (non-hydrogen) atoms. The highest BCUT2D eigenvalue weighted by atomic mass is 32.1. The average molecular weight is 465 g/mol. The molecule has 0 bridgehead atoms. The Hall–Kier alpha value is -2.77. The molecule has 3 heterocycles. The van der Waals surface area contributed by atoms with E-state index < -0.39 is 0 Å². The number of hydrogen-bond donors (Lipinski definition) is 1. The normalized spacial score (nSPS) is 17.5. The number of aromatic nitrogens is 1. The molecule has 0 radical (unpaired) electrons. The van der Waals surface area contributed by atoms with Crippen LogP contribution in [0.25, 0.3) is 0 Å². The van der Waals surface area contributed by atoms with E-state index in [4.69, 9.17) is 0 Å². The molecule has 2 aromatic heterocycles. The van der Waals surface area contributed by atoms with Gasteiger partial charge in [0.25, 0.3) is 0 Å². The number of hydrogen-bond acceptors (Lipinski definition) is 5. The molecule has 1 aliphatic heterocycles. The zero-order valence-electron chi connectivity index (χ0n) is 18.9. The van der Waals surface area contributed by atoms with Crippen LogP contribution in [0.15, 0.2) is 48.7 Å². The number of carbonyl (C=O) groups excluding carboxylic acids is 1. The standard InChI is InChI=1S/C26H29FN4OS/c1-18(32)29-26-24(21-6-2-3-7-22(21)33-26)25(19-9-11-20(27)12-10-19)31-16-14-30(15-17-31)23-8-4-5-13-28-23/h4-5,8-13,25H,2-3,6-7,14-17H2,1H3,(H,29,32). The fraction of sp³-hybridized carbons (Fsp3) is 0.385. The van der Waals surface area contributed by atoms with Crippen LogP contribution >= 0.6 is 11.3 Å². The predicted molar refractivity (Wildman–Crippen MR) is 132 cm³/mol. The first-order chi connectivity index (χ1) is 16.1. The van der Waals surface area contributed by atoms with Crippen molar-refractivity contribution in [2.75, 3.05) is 36.4 Å². The summed E-state index contributed by atoms with van der Waals surface area (Å²) in [6.07, 6.45) is 6.29. The first-order valence-corrected chi connectivity index (χ1v) is 12.5. The van der Waals surface area contributed by atoms with E-state index in [2.05, 4.69) is 26.2 Å². The first kappa shape index (κ1) is 22.0. The Kier molecular flexibility index (Phi) is 6.42. The summed E-state index contributed by atoms with van der Waals surface area (Å²) in [5, 5.41) is 4.08. The van der Waals surface area contributed by atoms with Crippen molar-refractivity contribution in [2.45, 2.75) is 38.6 Å². The molecule has 5 rings (SSSR count). The largest absolute Gasteiger partial charge is 0.354 e. The van der Waals surface area contributed by atoms with Crippen LogP contribution in [0.3, 0.4) is 0 Å². The topological polar surface area (TPSA) is 48.5 Å². The number of nitrogens with zero attached hydrogens (tertiary/aromatic N) is 3. The lowest BCUT2D eigenvalue weighted by molar-refractivity contribution is -0.114. The lowest BCUT2D eigenvalue weighted by Gasteiger charge is -2.40. The molecular formula is C26H29FN4OS. The van der Waals surface area contributed by atoms with Crippen LogP contribution in [0.4, 0.5) is 15.2 Å². The minimum atomic E-state index is -0.230. The Bertz CT molecular complexity index is 1110. The molecule has 1 amide bonds. The van der Waals surface area contributed by atoms with E-state index in [9.17, 15) is 9.18 Å². The molecule has 1 aromatic carbocycles. The van der Waals surface area contributed by atoms with Crippen LogP contribution in [0, 0.1) is 5.82 Å². The summed E-state index contributed by atoms with van der Waals surface area (Å²) < 4.78 is 13.8. The van der Waals surface area contributed by atoms with Crippen molar-refractivity contribution in [1.82, 2.24) is 9.88 Å². The summed E-state index contributed by atoms with van der Waals surface area (Å²) in [5.41, 5.74) is 3.67. The van der Waals surface area contributed by atoms with Crippen LogP contribution in [0.2, 0.25) is 0 Å². The maximum atomic E-state index is 13.8. The number of fused-ring (bicyclic) bond motifs is 1. The van der Waals surface area contributed by atoms with E-state index in [0.29, 0.717) is 0 Å². The molecule has 5 nitrogen and oxygen atoms in total. The summed E-state index contributed by atoms with van der Waals surface area (Å²) in [6.45, 7) is 5.04. The first-order valence-electron chi connectivity index (χ1n) is 11.7. The van der Waals surface area contributed by atoms with Gasteiger partial charge in [0.15, 0.2) is 0 Å². The summed E-state index contributed by atoms with van der Waals surface area (Å²) in [5.74, 6) is 0.724. The van der Waals surface area contributed by atoms with Gasteiger partial charge in [-0.25, -0.2) is 9.37 Å². The monoisotopic (exact) mass is 464 g/mol. The Morgan fingerprint density at radius 2 is 1.82 bits per heavy atom. The number of piperazine rings is 1. The number of pyridine rings is 1. The van der Waals surface area contributed by atoms with Crippen molar-refractivity contribution >= 4 is 28.1 Å². The lowest BCUT2D eigenvalue weighted by Crippen LogP contribution is -2.48. The van der Waals surface area contributed by atoms with Crippen molar-refractivity contribution < 1.29 is 9.18 Å². The molecule has 1 atom stereocenters. The van der Waals surface area contributed by atoms with Gasteiger partial charge in [-0.15, -0.1) is 11.3 Å². The van der Waals surface area contributed by atoms with Crippen LogP contribution < -0.4 is 10.2 Å². The lowest BCUT2D eigenvalue weighted by atomic mass is 9.88. The van der Waals surface area contributed by atoms with Crippen molar-refractivity contribution in [2.24, 2.45) is 0 Å². The zero-order valence-corrected chi connectivity index (χ0v) is 19.7. The number of carbonyl (C=O) groups is 1. The van der Waals surface area contributed by atoms with Gasteiger partial charge in [-0.3, -0.25) is 9.69 Å². The number of aryl methyl sites for hydroxylation is 1. The Labute approximate surface area is 198 Å². The Morgan fingerprint density at radius 3 is 2.52 bits per heavy atom. The van der Waals surface area contributed by atoms with E-state index in [1.54, 1.807) is 30.4 Å². The molecule has 172 valence electrons. The van der Waals surface area contributed by atoms with Gasteiger partial charge in [-0.1, -0.05) is 18.2 Å². The third-order valence-electron chi connectivity index (χ3n) is 6.61. The number of nitrogens with one attached hydrogen (secondary N) is 1. The quantitative estimate of drug-likeness (QED) is 0.575. The van der Waals surface area contributed by atoms with Gasteiger partial charge in [0.05, 0.1) is 6.04 Å². The predicted octanol–water partition coefficient (Wildman–Crippen LogP) is 5.03. The SMILES string of the molecule is CC(=O)Nc1sc2c(c1C(c1ccc(F)cc1)N1CCN(c3ccccn3)CC1)CCCC2. The van der Waals surface area contributed by atoms with Crippen LogP contribution in [0.1, 0.15) is 47.4 Å². The minimum absolute atomic E-state index is 0.0172. The van der Waals surface area contributed by atoms with Crippen LogP contribution in [-0.2, 0) is 17.6 Å². The third-order valence-corrected chi connectivity index (χ3v) is 7.84. The van der Waals surface area contributed by atoms with Gasteiger partial charge < -0.3 is 10.2 Å². The van der Waals surface area contributed by atoms with E-state index in [1.165, 1.54) is 28.8 Å². The fourth-order valence-electron chi connectivity index (χ4n) is 5.09. The van der Waals surface area contributed by atoms with Crippen molar-refractivity contribution in [3.8, 4) is 0 Å². The highest BCUT2D eigenvalue weighted by molar-refractivity contribution is 7.16. The molecule has 1 aliphatic carbocycles. The molecule has 1 fully saturated rings. The van der Waals surface area contributed by atoms with Gasteiger partial charge in [0.2, 0.25) is 5.91 Å². The zero-order chi connectivity index (χ0) is 22.8. The number of rotatable bonds is 5. The Balaban J connectivity index is 1.52. The molecule has 0 saturated carbocycles. The van der Waals surface area contributed by atoms with Crippen molar-refractivity contribution in [3.05, 3.63) is 76.0 Å². The Morgan fingerprint density at radius 1 is 1.06 bits per heavy atom. The van der Waals surface area contributed by atoms with Crippen molar-refractivity contribution in [3.63, 3.8) is 0 Å². The molecule has 0 spiro atoms. The van der Waals surface area contributed by atoms with E-state index >= 15 is 0 Å². The molecule has 1 N–H and O–H groups in total. The molecule has 1 saturated heterocycles. The van der Waals surface area contributed by atoms with Gasteiger partial charge >= 0.3 is 0 Å². The fourth-order valence-corrected chi connectivity index (χ4v) is 6.46. The van der Waals surface area contributed by atoms with E-state index in [1.807, 2.05) is 30.5 Å². The highest BCUT2D eigenvalue weighted by Crippen LogP contribution is 2.45. The molecular weight excluding hydrogens is 435 g/mol. The van der Waals surface area contributed by atoms with Gasteiger partial charge in [-0.05, 0) is 61.1 Å². The van der Waals surface area contributed by atoms with Crippen molar-refractivity contribution in [1.29, 1.82) is 0 Å². The number of thiophene rings is 1. The van der Waals surface area contributed by atoms with E-state index in [-0.39, 0.29) is 17.8 Å². The molecule has 2 aliphatic rings. The van der Waals surface area contributed by atoms with Gasteiger partial charge in [0, 0.05) is 49.7 Å². The minimum Gasteiger partial charge on any atom is -0.354 e. The van der Waals surface area contributed by atoms with Gasteiger partial charge in [-0.2, -0.15) is 0 Å². The maximum absolute atomic E-state index is 13.8. The van der Waals surface area contributed by atoms with Crippen LogP contribution in [0.5, 0.6) is 0 Å². The van der Waals surface area contributed by atoms with Crippen LogP contribution in [-0.4, -0.2) is 42.0 Å². The summed E-state index contributed by atoms with van der Waals surface area (Å²) >= 11 is 1.72. The number of amides is 1. The second kappa shape index (κ2) is 9.61. The molecule has 1 unspecified atom stereocenters. The number of benzene rings is 1. The number of halogens is 1.